The fourth-order valence-electron chi connectivity index (χ4n) is 4.27. The van der Waals surface area contributed by atoms with Crippen molar-refractivity contribution in [2.24, 2.45) is 0 Å². The molecule has 0 bridgehead atoms. The van der Waals surface area contributed by atoms with Crippen LogP contribution in [0, 0.1) is 33.5 Å². The van der Waals surface area contributed by atoms with Crippen LogP contribution in [0.4, 0.5) is 4.39 Å². The Balaban J connectivity index is 1.41. The van der Waals surface area contributed by atoms with Gasteiger partial charge in [0.1, 0.15) is 11.4 Å². The molecule has 0 aliphatic carbocycles. The highest BCUT2D eigenvalue weighted by Gasteiger charge is 2.18. The van der Waals surface area contributed by atoms with Gasteiger partial charge < -0.3 is 8.98 Å². The number of rotatable bonds is 5. The molecule has 0 saturated heterocycles. The summed E-state index contributed by atoms with van der Waals surface area (Å²) >= 11 is 0. The van der Waals surface area contributed by atoms with Crippen LogP contribution >= 0.6 is 0 Å². The summed E-state index contributed by atoms with van der Waals surface area (Å²) in [5, 5.41) is 0.829. The van der Waals surface area contributed by atoms with Gasteiger partial charge in [0.2, 0.25) is 5.91 Å². The lowest BCUT2D eigenvalue weighted by atomic mass is 10.0. The number of benzene rings is 2. The van der Waals surface area contributed by atoms with Crippen LogP contribution in [-0.2, 0) is 11.2 Å². The molecule has 4 aromatic rings. The molecule has 2 heterocycles. The summed E-state index contributed by atoms with van der Waals surface area (Å²) in [7, 11) is 0. The second-order valence-corrected chi connectivity index (χ2v) is 8.59. The molecule has 7 nitrogen and oxygen atoms in total. The minimum Gasteiger partial charge on any atom is -0.423 e. The fourth-order valence-corrected chi connectivity index (χ4v) is 4.27. The third-order valence-electron chi connectivity index (χ3n) is 6.12. The summed E-state index contributed by atoms with van der Waals surface area (Å²) in [6, 6.07) is 13.3. The summed E-state index contributed by atoms with van der Waals surface area (Å²) in [5.74, 6) is -1.26. The molecule has 0 spiro atoms. The molecule has 2 aromatic heterocycles. The number of carbonyl (C=O) groups excluding carboxylic acids is 2. The maximum Gasteiger partial charge on any atom is 0.339 e. The first-order valence-electron chi connectivity index (χ1n) is 11.2. The first-order valence-corrected chi connectivity index (χ1v) is 11.2. The Morgan fingerprint density at radius 2 is 1.69 bits per heavy atom. The van der Waals surface area contributed by atoms with Crippen LogP contribution in [-0.4, -0.2) is 16.4 Å². The number of hydrogen-bond donors (Lipinski definition) is 2. The van der Waals surface area contributed by atoms with Crippen molar-refractivity contribution >= 4 is 22.8 Å². The van der Waals surface area contributed by atoms with E-state index in [1.165, 1.54) is 12.1 Å². The van der Waals surface area contributed by atoms with Gasteiger partial charge in [-0.15, -0.1) is 0 Å². The summed E-state index contributed by atoms with van der Waals surface area (Å²) in [6.07, 6.45) is 0.177. The van der Waals surface area contributed by atoms with Gasteiger partial charge in [-0.1, -0.05) is 12.1 Å². The lowest BCUT2D eigenvalue weighted by molar-refractivity contribution is -0.121. The van der Waals surface area contributed by atoms with E-state index in [-0.39, 0.29) is 18.7 Å². The number of fused-ring (bicyclic) bond motifs is 1. The highest BCUT2D eigenvalue weighted by atomic mass is 19.1. The second kappa shape index (κ2) is 9.58. The summed E-state index contributed by atoms with van der Waals surface area (Å²) in [5.41, 5.74) is 9.64. The van der Waals surface area contributed by atoms with E-state index in [0.29, 0.717) is 22.4 Å². The van der Waals surface area contributed by atoms with Gasteiger partial charge in [-0.2, -0.15) is 0 Å². The van der Waals surface area contributed by atoms with E-state index in [1.807, 2.05) is 43.5 Å². The number of carbonyl (C=O) groups is 2. The summed E-state index contributed by atoms with van der Waals surface area (Å²) in [4.78, 5) is 37.6. The lowest BCUT2D eigenvalue weighted by Gasteiger charge is -2.11. The topological polar surface area (TPSA) is 93.3 Å². The van der Waals surface area contributed by atoms with Crippen molar-refractivity contribution in [1.82, 2.24) is 15.4 Å². The van der Waals surface area contributed by atoms with Crippen LogP contribution in [0.5, 0.6) is 0 Å². The maximum atomic E-state index is 13.3. The molecule has 2 aromatic carbocycles. The number of aromatic nitrogens is 1. The van der Waals surface area contributed by atoms with E-state index >= 15 is 0 Å². The fraction of sp³-hybridized carbons (Fsp3) is 0.222. The Kier molecular flexibility index (Phi) is 6.55. The van der Waals surface area contributed by atoms with Crippen LogP contribution in [0.2, 0.25) is 0 Å². The third kappa shape index (κ3) is 4.87. The molecule has 0 aliphatic rings. The van der Waals surface area contributed by atoms with Crippen LogP contribution in [0.3, 0.4) is 0 Å². The van der Waals surface area contributed by atoms with Crippen molar-refractivity contribution in [3.8, 4) is 5.69 Å². The molecule has 2 N–H and O–H groups in total. The molecular weight excluding hydrogens is 449 g/mol. The van der Waals surface area contributed by atoms with Crippen molar-refractivity contribution in [1.29, 1.82) is 0 Å². The smallest absolute Gasteiger partial charge is 0.339 e. The predicted molar refractivity (Wildman–Crippen MR) is 131 cm³/mol. The van der Waals surface area contributed by atoms with Gasteiger partial charge in [0.25, 0.3) is 5.91 Å². The molecule has 4 rings (SSSR count). The number of aryl methyl sites for hydroxylation is 3. The molecule has 0 aliphatic heterocycles. The highest BCUT2D eigenvalue weighted by Crippen LogP contribution is 2.22. The Morgan fingerprint density at radius 3 is 2.40 bits per heavy atom. The Hall–Kier alpha value is -4.20. The molecule has 0 atom stereocenters. The van der Waals surface area contributed by atoms with Gasteiger partial charge in [-0.3, -0.25) is 20.4 Å². The van der Waals surface area contributed by atoms with E-state index < -0.39 is 17.4 Å². The molecule has 0 fully saturated rings. The monoisotopic (exact) mass is 475 g/mol. The van der Waals surface area contributed by atoms with Gasteiger partial charge in [-0.05, 0) is 81.6 Å². The summed E-state index contributed by atoms with van der Waals surface area (Å²) in [6.45, 7) is 7.36. The SMILES string of the molecule is Cc1ccc2c(C)c(CCC(=O)NNC(=O)c3cc(C)n(-c4ccc(F)cc4)c3C)c(=O)oc2c1. The van der Waals surface area contributed by atoms with Crippen molar-refractivity contribution in [3.63, 3.8) is 0 Å². The van der Waals surface area contributed by atoms with Crippen molar-refractivity contribution in [2.45, 2.75) is 40.5 Å². The van der Waals surface area contributed by atoms with E-state index in [0.717, 1.165) is 27.9 Å². The number of nitrogens with zero attached hydrogens (tertiary/aromatic N) is 1. The van der Waals surface area contributed by atoms with Crippen molar-refractivity contribution < 1.29 is 18.4 Å². The highest BCUT2D eigenvalue weighted by molar-refractivity contribution is 5.97. The lowest BCUT2D eigenvalue weighted by Crippen LogP contribution is -2.42. The van der Waals surface area contributed by atoms with E-state index in [1.54, 1.807) is 25.1 Å². The van der Waals surface area contributed by atoms with Gasteiger partial charge in [-0.25, -0.2) is 9.18 Å². The first kappa shape index (κ1) is 23.9. The van der Waals surface area contributed by atoms with Crippen LogP contribution in [0.25, 0.3) is 16.7 Å². The zero-order chi connectivity index (χ0) is 25.3. The van der Waals surface area contributed by atoms with Gasteiger partial charge >= 0.3 is 5.63 Å². The van der Waals surface area contributed by atoms with E-state index in [9.17, 15) is 18.8 Å². The number of nitrogens with one attached hydrogen (secondary N) is 2. The Bertz CT molecular complexity index is 1500. The minimum absolute atomic E-state index is 0.00213. The van der Waals surface area contributed by atoms with Crippen molar-refractivity contribution in [2.75, 3.05) is 0 Å². The van der Waals surface area contributed by atoms with Crippen LogP contribution in [0.15, 0.2) is 57.7 Å². The zero-order valence-corrected chi connectivity index (χ0v) is 20.0. The molecule has 180 valence electrons. The number of hydrazine groups is 1. The van der Waals surface area contributed by atoms with Crippen LogP contribution in [0.1, 0.15) is 44.9 Å². The predicted octanol–water partition coefficient (Wildman–Crippen LogP) is 4.35. The molecule has 0 unspecified atom stereocenters. The molecule has 0 saturated carbocycles. The van der Waals surface area contributed by atoms with Gasteiger partial charge in [0.05, 0.1) is 5.56 Å². The van der Waals surface area contributed by atoms with Gasteiger partial charge in [0.15, 0.2) is 0 Å². The molecule has 8 heteroatoms. The second-order valence-electron chi connectivity index (χ2n) is 8.59. The molecule has 0 radical (unpaired) electrons. The molecule has 35 heavy (non-hydrogen) atoms. The normalized spacial score (nSPS) is 11.0. The molecule has 2 amide bonds. The largest absolute Gasteiger partial charge is 0.423 e. The van der Waals surface area contributed by atoms with Crippen molar-refractivity contribution in [3.05, 3.63) is 98.4 Å². The number of hydrogen-bond acceptors (Lipinski definition) is 4. The quantitative estimate of drug-likeness (QED) is 0.332. The average molecular weight is 476 g/mol. The number of halogens is 1. The minimum atomic E-state index is -0.475. The third-order valence-corrected chi connectivity index (χ3v) is 6.12. The Morgan fingerprint density at radius 1 is 0.971 bits per heavy atom. The van der Waals surface area contributed by atoms with Gasteiger partial charge in [0, 0.05) is 34.4 Å². The average Bonchev–Trinajstić information content (AvgIpc) is 3.11. The standard InChI is InChI=1S/C27H26FN3O4/c1-15-5-10-21-17(3)22(27(34)35-24(21)13-15)11-12-25(32)29-30-26(33)23-14-16(2)31(18(23)4)20-8-6-19(28)7-9-20/h5-10,13-14H,11-12H2,1-4H3,(H,29,32)(H,30,33). The van der Waals surface area contributed by atoms with E-state index in [4.69, 9.17) is 4.42 Å². The zero-order valence-electron chi connectivity index (χ0n) is 20.0. The Labute approximate surface area is 201 Å². The molecular formula is C27H26FN3O4. The first-order chi connectivity index (χ1) is 16.7. The van der Waals surface area contributed by atoms with Crippen LogP contribution < -0.4 is 16.5 Å². The maximum absolute atomic E-state index is 13.3. The van der Waals surface area contributed by atoms with E-state index in [2.05, 4.69) is 10.9 Å². The summed E-state index contributed by atoms with van der Waals surface area (Å²) < 4.78 is 20.5. The number of amides is 2.